The summed E-state index contributed by atoms with van der Waals surface area (Å²) in [7, 11) is 0. The zero-order valence-electron chi connectivity index (χ0n) is 10.8. The monoisotopic (exact) mass is 280 g/mol. The van der Waals surface area contributed by atoms with E-state index in [9.17, 15) is 4.79 Å². The molecule has 0 bridgehead atoms. The SMILES string of the molecule is CCC(CO)NC(=O)c1nc(-c2ccco2)sc1C. The molecule has 19 heavy (non-hydrogen) atoms. The highest BCUT2D eigenvalue weighted by Crippen LogP contribution is 2.27. The van der Waals surface area contributed by atoms with E-state index in [-0.39, 0.29) is 18.6 Å². The van der Waals surface area contributed by atoms with Gasteiger partial charge >= 0.3 is 0 Å². The van der Waals surface area contributed by atoms with Gasteiger partial charge in [0.15, 0.2) is 10.8 Å². The van der Waals surface area contributed by atoms with Gasteiger partial charge in [0.2, 0.25) is 0 Å². The summed E-state index contributed by atoms with van der Waals surface area (Å²) in [6.45, 7) is 3.68. The molecule has 2 N–H and O–H groups in total. The van der Waals surface area contributed by atoms with Crippen LogP contribution >= 0.6 is 11.3 Å². The standard InChI is InChI=1S/C13H16N2O3S/c1-3-9(7-16)14-12(17)11-8(2)19-13(15-11)10-5-4-6-18-10/h4-6,9,16H,3,7H2,1-2H3,(H,14,17). The van der Waals surface area contributed by atoms with Crippen LogP contribution in [0.3, 0.4) is 0 Å². The summed E-state index contributed by atoms with van der Waals surface area (Å²) in [6.07, 6.45) is 2.25. The average Bonchev–Trinajstić information content (AvgIpc) is 3.04. The lowest BCUT2D eigenvalue weighted by atomic mass is 10.2. The predicted octanol–water partition coefficient (Wildman–Crippen LogP) is 2.21. The second kappa shape index (κ2) is 5.99. The summed E-state index contributed by atoms with van der Waals surface area (Å²) >= 11 is 1.41. The topological polar surface area (TPSA) is 75.4 Å². The Morgan fingerprint density at radius 1 is 1.63 bits per heavy atom. The molecule has 0 aliphatic carbocycles. The molecule has 1 amide bonds. The van der Waals surface area contributed by atoms with Gasteiger partial charge in [0.1, 0.15) is 5.69 Å². The van der Waals surface area contributed by atoms with Crippen LogP contribution in [0, 0.1) is 6.92 Å². The highest BCUT2D eigenvalue weighted by molar-refractivity contribution is 7.15. The quantitative estimate of drug-likeness (QED) is 0.880. The molecule has 2 aromatic rings. The van der Waals surface area contributed by atoms with E-state index >= 15 is 0 Å². The van der Waals surface area contributed by atoms with Crippen molar-refractivity contribution in [2.24, 2.45) is 0 Å². The van der Waals surface area contributed by atoms with Crippen molar-refractivity contribution >= 4 is 17.2 Å². The summed E-state index contributed by atoms with van der Waals surface area (Å²) in [4.78, 5) is 17.2. The number of aliphatic hydroxyl groups is 1. The molecule has 0 aromatic carbocycles. The van der Waals surface area contributed by atoms with Gasteiger partial charge in [0.05, 0.1) is 18.9 Å². The fourth-order valence-electron chi connectivity index (χ4n) is 1.64. The number of carbonyl (C=O) groups excluding carboxylic acids is 1. The molecule has 0 saturated carbocycles. The van der Waals surface area contributed by atoms with Crippen molar-refractivity contribution in [2.75, 3.05) is 6.61 Å². The van der Waals surface area contributed by atoms with E-state index in [1.165, 1.54) is 11.3 Å². The Labute approximate surface area is 115 Å². The molecule has 5 nitrogen and oxygen atoms in total. The van der Waals surface area contributed by atoms with Gasteiger partial charge in [-0.25, -0.2) is 4.98 Å². The molecule has 0 aliphatic heterocycles. The highest BCUT2D eigenvalue weighted by Gasteiger charge is 2.19. The number of thiazole rings is 1. The molecule has 0 fully saturated rings. The van der Waals surface area contributed by atoms with E-state index in [4.69, 9.17) is 9.52 Å². The Morgan fingerprint density at radius 3 is 3.00 bits per heavy atom. The molecule has 2 aromatic heterocycles. The Balaban J connectivity index is 2.19. The smallest absolute Gasteiger partial charge is 0.271 e. The minimum Gasteiger partial charge on any atom is -0.462 e. The van der Waals surface area contributed by atoms with E-state index in [0.29, 0.717) is 22.9 Å². The maximum absolute atomic E-state index is 12.1. The summed E-state index contributed by atoms with van der Waals surface area (Å²) < 4.78 is 5.27. The van der Waals surface area contributed by atoms with Crippen LogP contribution in [0.1, 0.15) is 28.7 Å². The number of aliphatic hydroxyl groups excluding tert-OH is 1. The molecule has 1 unspecified atom stereocenters. The van der Waals surface area contributed by atoms with Gasteiger partial charge in [-0.3, -0.25) is 4.79 Å². The number of aryl methyl sites for hydroxylation is 1. The fraction of sp³-hybridized carbons (Fsp3) is 0.385. The number of nitrogens with one attached hydrogen (secondary N) is 1. The predicted molar refractivity (Wildman–Crippen MR) is 73.2 cm³/mol. The molecular weight excluding hydrogens is 264 g/mol. The maximum atomic E-state index is 12.1. The van der Waals surface area contributed by atoms with Crippen LogP contribution in [0.4, 0.5) is 0 Å². The number of hydrogen-bond donors (Lipinski definition) is 2. The van der Waals surface area contributed by atoms with Crippen LogP contribution in [0.5, 0.6) is 0 Å². The van der Waals surface area contributed by atoms with E-state index in [1.54, 1.807) is 12.3 Å². The van der Waals surface area contributed by atoms with Crippen molar-refractivity contribution in [3.05, 3.63) is 29.0 Å². The largest absolute Gasteiger partial charge is 0.462 e. The Morgan fingerprint density at radius 2 is 2.42 bits per heavy atom. The van der Waals surface area contributed by atoms with Crippen molar-refractivity contribution in [1.29, 1.82) is 0 Å². The zero-order chi connectivity index (χ0) is 13.8. The third kappa shape index (κ3) is 3.02. The van der Waals surface area contributed by atoms with E-state index < -0.39 is 0 Å². The van der Waals surface area contributed by atoms with Crippen LogP contribution < -0.4 is 5.32 Å². The molecule has 1 atom stereocenters. The number of furan rings is 1. The number of amides is 1. The molecule has 0 radical (unpaired) electrons. The first-order chi connectivity index (χ1) is 9.15. The van der Waals surface area contributed by atoms with Crippen molar-refractivity contribution < 1.29 is 14.3 Å². The molecule has 0 spiro atoms. The fourth-order valence-corrected chi connectivity index (χ4v) is 2.52. The maximum Gasteiger partial charge on any atom is 0.271 e. The van der Waals surface area contributed by atoms with Crippen LogP contribution in [-0.2, 0) is 0 Å². The molecule has 102 valence electrons. The van der Waals surface area contributed by atoms with Gasteiger partial charge in [-0.05, 0) is 25.5 Å². The molecule has 0 saturated heterocycles. The number of hydrogen-bond acceptors (Lipinski definition) is 5. The van der Waals surface area contributed by atoms with Gasteiger partial charge in [-0.1, -0.05) is 6.92 Å². The number of rotatable bonds is 5. The average molecular weight is 280 g/mol. The molecule has 6 heteroatoms. The van der Waals surface area contributed by atoms with Crippen LogP contribution in [0.15, 0.2) is 22.8 Å². The van der Waals surface area contributed by atoms with Gasteiger partial charge < -0.3 is 14.8 Å². The Kier molecular flexibility index (Phi) is 4.34. The first kappa shape index (κ1) is 13.8. The van der Waals surface area contributed by atoms with E-state index in [0.717, 1.165) is 4.88 Å². The number of carbonyl (C=O) groups is 1. The molecule has 2 rings (SSSR count). The zero-order valence-corrected chi connectivity index (χ0v) is 11.7. The minimum atomic E-state index is -0.257. The summed E-state index contributed by atoms with van der Waals surface area (Å²) in [5.74, 6) is 0.397. The lowest BCUT2D eigenvalue weighted by Gasteiger charge is -2.12. The minimum absolute atomic E-state index is 0.0730. The third-order valence-electron chi connectivity index (χ3n) is 2.79. The Bertz CT molecular complexity index is 544. The summed E-state index contributed by atoms with van der Waals surface area (Å²) in [5.41, 5.74) is 0.392. The highest BCUT2D eigenvalue weighted by atomic mass is 32.1. The second-order valence-corrected chi connectivity index (χ2v) is 5.37. The van der Waals surface area contributed by atoms with Crippen molar-refractivity contribution in [1.82, 2.24) is 10.3 Å². The molecule has 2 heterocycles. The molecular formula is C13H16N2O3S. The first-order valence-corrected chi connectivity index (χ1v) is 6.90. The third-order valence-corrected chi connectivity index (χ3v) is 3.78. The summed E-state index contributed by atoms with van der Waals surface area (Å²) in [5, 5.41) is 12.5. The lowest BCUT2D eigenvalue weighted by molar-refractivity contribution is 0.0910. The van der Waals surface area contributed by atoms with Crippen LogP contribution in [0.25, 0.3) is 10.8 Å². The van der Waals surface area contributed by atoms with Crippen molar-refractivity contribution in [3.8, 4) is 10.8 Å². The number of aromatic nitrogens is 1. The normalized spacial score (nSPS) is 12.4. The molecule has 0 aliphatic rings. The van der Waals surface area contributed by atoms with Gasteiger partial charge in [-0.2, -0.15) is 0 Å². The lowest BCUT2D eigenvalue weighted by Crippen LogP contribution is -2.37. The van der Waals surface area contributed by atoms with Crippen LogP contribution in [-0.4, -0.2) is 28.6 Å². The number of nitrogens with zero attached hydrogens (tertiary/aromatic N) is 1. The van der Waals surface area contributed by atoms with Gasteiger partial charge in [-0.15, -0.1) is 11.3 Å². The van der Waals surface area contributed by atoms with Gasteiger partial charge in [0, 0.05) is 4.88 Å². The van der Waals surface area contributed by atoms with Crippen molar-refractivity contribution in [3.63, 3.8) is 0 Å². The first-order valence-electron chi connectivity index (χ1n) is 6.08. The van der Waals surface area contributed by atoms with Crippen LogP contribution in [0.2, 0.25) is 0 Å². The van der Waals surface area contributed by atoms with E-state index in [2.05, 4.69) is 10.3 Å². The van der Waals surface area contributed by atoms with Crippen molar-refractivity contribution in [2.45, 2.75) is 26.3 Å². The second-order valence-electron chi connectivity index (χ2n) is 4.16. The van der Waals surface area contributed by atoms with E-state index in [1.807, 2.05) is 19.9 Å². The van der Waals surface area contributed by atoms with Gasteiger partial charge in [0.25, 0.3) is 5.91 Å². The Hall–Kier alpha value is -1.66. The summed E-state index contributed by atoms with van der Waals surface area (Å²) in [6, 6.07) is 3.35.